The summed E-state index contributed by atoms with van der Waals surface area (Å²) in [6.07, 6.45) is 2.13. The van der Waals surface area contributed by atoms with E-state index in [-0.39, 0.29) is 24.4 Å². The molecule has 2 atom stereocenters. The Kier molecular flexibility index (Phi) is 6.31. The average Bonchev–Trinajstić information content (AvgIpc) is 2.41. The number of amides is 1. The first kappa shape index (κ1) is 17.3. The van der Waals surface area contributed by atoms with Crippen LogP contribution >= 0.6 is 24.0 Å². The summed E-state index contributed by atoms with van der Waals surface area (Å²) in [6.45, 7) is 5.51. The molecular weight excluding hydrogens is 295 g/mol. The first-order valence-electron chi connectivity index (χ1n) is 6.80. The monoisotopic (exact) mass is 316 g/mol. The van der Waals surface area contributed by atoms with Crippen molar-refractivity contribution in [2.45, 2.75) is 32.7 Å². The van der Waals surface area contributed by atoms with Crippen LogP contribution < -0.4 is 5.73 Å². The molecule has 1 aliphatic heterocycles. The summed E-state index contributed by atoms with van der Waals surface area (Å²) in [6, 6.07) is 5.63. The van der Waals surface area contributed by atoms with Gasteiger partial charge < -0.3 is 10.6 Å². The molecule has 2 unspecified atom stereocenters. The zero-order valence-corrected chi connectivity index (χ0v) is 13.5. The predicted molar refractivity (Wildman–Crippen MR) is 85.7 cm³/mol. The van der Waals surface area contributed by atoms with E-state index in [4.69, 9.17) is 17.3 Å². The molecule has 20 heavy (non-hydrogen) atoms. The number of benzene rings is 1. The third kappa shape index (κ3) is 3.87. The van der Waals surface area contributed by atoms with Gasteiger partial charge >= 0.3 is 0 Å². The second-order valence-electron chi connectivity index (χ2n) is 5.48. The molecule has 1 fully saturated rings. The van der Waals surface area contributed by atoms with Crippen molar-refractivity contribution in [3.05, 3.63) is 34.3 Å². The van der Waals surface area contributed by atoms with Gasteiger partial charge in [0.1, 0.15) is 0 Å². The predicted octanol–water partition coefficient (Wildman–Crippen LogP) is 3.27. The van der Waals surface area contributed by atoms with E-state index in [1.54, 1.807) is 6.07 Å². The second kappa shape index (κ2) is 7.30. The highest BCUT2D eigenvalue weighted by Crippen LogP contribution is 2.22. The number of piperidine rings is 1. The summed E-state index contributed by atoms with van der Waals surface area (Å²) in [7, 11) is 0. The topological polar surface area (TPSA) is 46.3 Å². The van der Waals surface area contributed by atoms with E-state index in [1.165, 1.54) is 0 Å². The standard InChI is InChI=1S/C15H21ClN2O.ClH/c1-10-5-6-12(8-14(10)16)15(19)18-7-3-4-13(9-18)11(2)17;/h5-6,8,11,13H,3-4,7,9,17H2,1-2H3;1H. The summed E-state index contributed by atoms with van der Waals surface area (Å²) in [5.41, 5.74) is 7.61. The molecule has 0 aliphatic carbocycles. The molecule has 1 amide bonds. The first-order chi connectivity index (χ1) is 8.99. The molecule has 1 saturated heterocycles. The largest absolute Gasteiger partial charge is 0.338 e. The minimum atomic E-state index is 0. The highest BCUT2D eigenvalue weighted by molar-refractivity contribution is 6.31. The number of hydrogen-bond donors (Lipinski definition) is 1. The molecule has 0 radical (unpaired) electrons. The smallest absolute Gasteiger partial charge is 0.253 e. The van der Waals surface area contributed by atoms with Crippen molar-refractivity contribution in [3.63, 3.8) is 0 Å². The van der Waals surface area contributed by atoms with Crippen molar-refractivity contribution in [2.24, 2.45) is 11.7 Å². The zero-order chi connectivity index (χ0) is 14.0. The molecule has 1 aromatic rings. The Hall–Kier alpha value is -0.770. The van der Waals surface area contributed by atoms with Gasteiger partial charge in [0.05, 0.1) is 0 Å². The Labute approximate surface area is 131 Å². The van der Waals surface area contributed by atoms with Gasteiger partial charge in [-0.05, 0) is 50.3 Å². The van der Waals surface area contributed by atoms with Crippen molar-refractivity contribution in [2.75, 3.05) is 13.1 Å². The number of nitrogens with two attached hydrogens (primary N) is 1. The van der Waals surface area contributed by atoms with Gasteiger partial charge in [0, 0.05) is 29.7 Å². The van der Waals surface area contributed by atoms with E-state index in [2.05, 4.69) is 0 Å². The van der Waals surface area contributed by atoms with E-state index in [9.17, 15) is 4.79 Å². The van der Waals surface area contributed by atoms with Crippen molar-refractivity contribution in [1.82, 2.24) is 4.90 Å². The van der Waals surface area contributed by atoms with E-state index >= 15 is 0 Å². The van der Waals surface area contributed by atoms with E-state index < -0.39 is 0 Å². The lowest BCUT2D eigenvalue weighted by Crippen LogP contribution is -2.45. The molecule has 0 saturated carbocycles. The third-order valence-corrected chi connectivity index (χ3v) is 4.31. The Morgan fingerprint density at radius 3 is 2.80 bits per heavy atom. The maximum atomic E-state index is 12.5. The Bertz CT molecular complexity index is 477. The number of carbonyl (C=O) groups is 1. The number of nitrogens with zero attached hydrogens (tertiary/aromatic N) is 1. The minimum Gasteiger partial charge on any atom is -0.338 e. The summed E-state index contributed by atoms with van der Waals surface area (Å²) in [5.74, 6) is 0.464. The molecule has 3 nitrogen and oxygen atoms in total. The Balaban J connectivity index is 0.00000200. The second-order valence-corrected chi connectivity index (χ2v) is 5.88. The molecule has 2 N–H and O–H groups in total. The maximum Gasteiger partial charge on any atom is 0.253 e. The number of halogens is 2. The Morgan fingerprint density at radius 2 is 2.20 bits per heavy atom. The highest BCUT2D eigenvalue weighted by Gasteiger charge is 2.26. The fourth-order valence-electron chi connectivity index (χ4n) is 2.53. The minimum absolute atomic E-state index is 0. The van der Waals surface area contributed by atoms with Crippen LogP contribution in [-0.4, -0.2) is 29.9 Å². The van der Waals surface area contributed by atoms with Crippen LogP contribution in [0.4, 0.5) is 0 Å². The van der Waals surface area contributed by atoms with E-state index in [1.807, 2.05) is 30.9 Å². The van der Waals surface area contributed by atoms with Gasteiger partial charge in [-0.1, -0.05) is 17.7 Å². The van der Waals surface area contributed by atoms with Crippen LogP contribution in [0.15, 0.2) is 18.2 Å². The SMILES string of the molecule is Cc1ccc(C(=O)N2CCCC(C(C)N)C2)cc1Cl.Cl. The van der Waals surface area contributed by atoms with Crippen molar-refractivity contribution in [3.8, 4) is 0 Å². The number of likely N-dealkylation sites (tertiary alicyclic amines) is 1. The maximum absolute atomic E-state index is 12.5. The fourth-order valence-corrected chi connectivity index (χ4v) is 2.71. The van der Waals surface area contributed by atoms with Gasteiger partial charge in [-0.2, -0.15) is 0 Å². The molecule has 1 heterocycles. The summed E-state index contributed by atoms with van der Waals surface area (Å²) in [4.78, 5) is 14.4. The van der Waals surface area contributed by atoms with Gasteiger partial charge in [0.15, 0.2) is 0 Å². The molecule has 0 aromatic heterocycles. The van der Waals surface area contributed by atoms with Crippen molar-refractivity contribution in [1.29, 1.82) is 0 Å². The lowest BCUT2D eigenvalue weighted by atomic mass is 9.92. The average molecular weight is 317 g/mol. The number of hydrogen-bond acceptors (Lipinski definition) is 2. The van der Waals surface area contributed by atoms with Crippen LogP contribution in [0.1, 0.15) is 35.7 Å². The number of aryl methyl sites for hydroxylation is 1. The Morgan fingerprint density at radius 1 is 1.50 bits per heavy atom. The van der Waals surface area contributed by atoms with Crippen LogP contribution in [0.25, 0.3) is 0 Å². The van der Waals surface area contributed by atoms with Crippen molar-refractivity contribution < 1.29 is 4.79 Å². The molecule has 112 valence electrons. The zero-order valence-electron chi connectivity index (χ0n) is 11.9. The molecule has 0 spiro atoms. The highest BCUT2D eigenvalue weighted by atomic mass is 35.5. The van der Waals surface area contributed by atoms with Crippen LogP contribution in [0.3, 0.4) is 0 Å². The number of carbonyl (C=O) groups excluding carboxylic acids is 1. The molecule has 1 aromatic carbocycles. The van der Waals surface area contributed by atoms with E-state index in [0.717, 1.165) is 31.5 Å². The molecule has 0 bridgehead atoms. The quantitative estimate of drug-likeness (QED) is 0.910. The van der Waals surface area contributed by atoms with Gasteiger partial charge in [-0.25, -0.2) is 0 Å². The molecule has 2 rings (SSSR count). The van der Waals surface area contributed by atoms with E-state index in [0.29, 0.717) is 16.5 Å². The van der Waals surface area contributed by atoms with Gasteiger partial charge in [0.2, 0.25) is 0 Å². The third-order valence-electron chi connectivity index (χ3n) is 3.91. The summed E-state index contributed by atoms with van der Waals surface area (Å²) < 4.78 is 0. The summed E-state index contributed by atoms with van der Waals surface area (Å²) in [5, 5.41) is 0.645. The molecule has 1 aliphatic rings. The normalized spacial score (nSPS) is 20.2. The van der Waals surface area contributed by atoms with Crippen LogP contribution in [0.5, 0.6) is 0 Å². The van der Waals surface area contributed by atoms with Crippen molar-refractivity contribution >= 4 is 29.9 Å². The van der Waals surface area contributed by atoms with Crippen LogP contribution in [-0.2, 0) is 0 Å². The first-order valence-corrected chi connectivity index (χ1v) is 7.18. The lowest BCUT2D eigenvalue weighted by molar-refractivity contribution is 0.0661. The lowest BCUT2D eigenvalue weighted by Gasteiger charge is -2.34. The van der Waals surface area contributed by atoms with Gasteiger partial charge in [-0.3, -0.25) is 4.79 Å². The number of rotatable bonds is 2. The summed E-state index contributed by atoms with van der Waals surface area (Å²) >= 11 is 6.09. The van der Waals surface area contributed by atoms with Gasteiger partial charge in [-0.15, -0.1) is 12.4 Å². The molecule has 5 heteroatoms. The van der Waals surface area contributed by atoms with Crippen LogP contribution in [0.2, 0.25) is 5.02 Å². The fraction of sp³-hybridized carbons (Fsp3) is 0.533. The molecular formula is C15H22Cl2N2O. The van der Waals surface area contributed by atoms with Crippen LogP contribution in [0, 0.1) is 12.8 Å². The van der Waals surface area contributed by atoms with Gasteiger partial charge in [0.25, 0.3) is 5.91 Å².